The van der Waals surface area contributed by atoms with Gasteiger partial charge in [-0.2, -0.15) is 0 Å². The molecule has 1 aromatic carbocycles. The Labute approximate surface area is 182 Å². The highest BCUT2D eigenvalue weighted by molar-refractivity contribution is 8.14. The van der Waals surface area contributed by atoms with Crippen molar-refractivity contribution in [3.8, 4) is 5.88 Å². The maximum absolute atomic E-state index is 15.0. The SMILES string of the molecule is C[C@H]1SC(N)=N[C@](C)(c2cc(NC(=O)c3cnc(OCC4CC4)cn3)ccc2F)[C@H]1F. The van der Waals surface area contributed by atoms with E-state index in [1.54, 1.807) is 6.92 Å². The average molecular weight is 448 g/mol. The van der Waals surface area contributed by atoms with Crippen molar-refractivity contribution in [1.82, 2.24) is 9.97 Å². The molecule has 10 heteroatoms. The summed E-state index contributed by atoms with van der Waals surface area (Å²) >= 11 is 1.11. The standard InChI is InChI=1S/C21H23F2N5O2S/c1-11-18(23)21(2,28-20(24)31-11)14-7-13(5-6-15(14)22)27-19(29)16-8-26-17(9-25-16)30-10-12-3-4-12/h5-9,11-12,18H,3-4,10H2,1-2H3,(H2,24,28)(H,27,29)/t11-,18+,21-/m1/s1. The number of carbonyl (C=O) groups is 1. The van der Waals surface area contributed by atoms with E-state index < -0.39 is 28.7 Å². The van der Waals surface area contributed by atoms with Crippen molar-refractivity contribution in [2.45, 2.75) is 43.6 Å². The highest BCUT2D eigenvalue weighted by Crippen LogP contribution is 2.42. The van der Waals surface area contributed by atoms with Crippen molar-refractivity contribution < 1.29 is 18.3 Å². The van der Waals surface area contributed by atoms with Gasteiger partial charge in [0.15, 0.2) is 5.17 Å². The number of benzene rings is 1. The summed E-state index contributed by atoms with van der Waals surface area (Å²) in [7, 11) is 0. The number of aromatic nitrogens is 2. The molecule has 1 amide bonds. The highest BCUT2D eigenvalue weighted by atomic mass is 32.2. The molecular weight excluding hydrogens is 424 g/mol. The zero-order valence-electron chi connectivity index (χ0n) is 17.1. The molecule has 0 radical (unpaired) electrons. The second-order valence-electron chi connectivity index (χ2n) is 7.97. The summed E-state index contributed by atoms with van der Waals surface area (Å²) in [6.45, 7) is 3.77. The summed E-state index contributed by atoms with van der Waals surface area (Å²) in [4.78, 5) is 24.9. The summed E-state index contributed by atoms with van der Waals surface area (Å²) in [6.07, 6.45) is 3.56. The van der Waals surface area contributed by atoms with Crippen LogP contribution in [-0.2, 0) is 5.54 Å². The van der Waals surface area contributed by atoms with Gasteiger partial charge in [-0.1, -0.05) is 11.8 Å². The predicted molar refractivity (Wildman–Crippen MR) is 116 cm³/mol. The number of hydrogen-bond donors (Lipinski definition) is 2. The first-order chi connectivity index (χ1) is 14.8. The van der Waals surface area contributed by atoms with Crippen LogP contribution in [0.2, 0.25) is 0 Å². The summed E-state index contributed by atoms with van der Waals surface area (Å²) in [6, 6.07) is 3.93. The number of nitrogens with two attached hydrogens (primary N) is 1. The van der Waals surface area contributed by atoms with Crippen LogP contribution >= 0.6 is 11.8 Å². The minimum absolute atomic E-state index is 0.0165. The zero-order chi connectivity index (χ0) is 22.2. The first kappa shape index (κ1) is 21.5. The lowest BCUT2D eigenvalue weighted by Gasteiger charge is -2.37. The number of halogens is 2. The second-order valence-corrected chi connectivity index (χ2v) is 9.36. The first-order valence-electron chi connectivity index (χ1n) is 9.98. The van der Waals surface area contributed by atoms with Gasteiger partial charge in [-0.25, -0.2) is 23.7 Å². The van der Waals surface area contributed by atoms with Gasteiger partial charge in [-0.3, -0.25) is 4.79 Å². The minimum atomic E-state index is -1.50. The van der Waals surface area contributed by atoms with Crippen LogP contribution in [0, 0.1) is 11.7 Å². The Kier molecular flexibility index (Phi) is 5.83. The number of thioether (sulfide) groups is 1. The largest absolute Gasteiger partial charge is 0.476 e. The molecule has 1 saturated carbocycles. The summed E-state index contributed by atoms with van der Waals surface area (Å²) in [5, 5.41) is 2.34. The van der Waals surface area contributed by atoms with Crippen LogP contribution in [0.5, 0.6) is 5.88 Å². The highest BCUT2D eigenvalue weighted by Gasteiger charge is 2.45. The van der Waals surface area contributed by atoms with Crippen molar-refractivity contribution in [2.75, 3.05) is 11.9 Å². The maximum atomic E-state index is 15.0. The quantitative estimate of drug-likeness (QED) is 0.701. The molecular formula is C21H23F2N5O2S. The topological polar surface area (TPSA) is 102 Å². The molecule has 7 nitrogen and oxygen atoms in total. The number of ether oxygens (including phenoxy) is 1. The molecule has 1 fully saturated rings. The lowest BCUT2D eigenvalue weighted by molar-refractivity contribution is 0.102. The molecule has 0 saturated heterocycles. The number of rotatable bonds is 6. The maximum Gasteiger partial charge on any atom is 0.275 e. The molecule has 0 spiro atoms. The summed E-state index contributed by atoms with van der Waals surface area (Å²) in [5.41, 5.74) is 4.70. The Morgan fingerprint density at radius 2 is 2.13 bits per heavy atom. The fourth-order valence-electron chi connectivity index (χ4n) is 3.41. The van der Waals surface area contributed by atoms with Crippen molar-refractivity contribution in [2.24, 2.45) is 16.6 Å². The Morgan fingerprint density at radius 3 is 2.81 bits per heavy atom. The second kappa shape index (κ2) is 8.41. The van der Waals surface area contributed by atoms with Gasteiger partial charge in [-0.15, -0.1) is 0 Å². The van der Waals surface area contributed by atoms with E-state index in [1.807, 2.05) is 0 Å². The number of alkyl halides is 1. The van der Waals surface area contributed by atoms with E-state index in [1.165, 1.54) is 37.5 Å². The van der Waals surface area contributed by atoms with Crippen LogP contribution in [0.3, 0.4) is 0 Å². The Hall–Kier alpha value is -2.75. The van der Waals surface area contributed by atoms with Crippen molar-refractivity contribution in [3.63, 3.8) is 0 Å². The van der Waals surface area contributed by atoms with Gasteiger partial charge in [0.1, 0.15) is 23.2 Å². The molecule has 1 aliphatic heterocycles. The van der Waals surface area contributed by atoms with Crippen LogP contribution in [-0.4, -0.2) is 39.1 Å². The van der Waals surface area contributed by atoms with Gasteiger partial charge < -0.3 is 15.8 Å². The van der Waals surface area contributed by atoms with Crippen LogP contribution in [0.25, 0.3) is 0 Å². The van der Waals surface area contributed by atoms with Gasteiger partial charge in [-0.05, 0) is 50.8 Å². The fraction of sp³-hybridized carbons (Fsp3) is 0.429. The van der Waals surface area contributed by atoms with Gasteiger partial charge in [0.2, 0.25) is 5.88 Å². The van der Waals surface area contributed by atoms with E-state index in [4.69, 9.17) is 10.5 Å². The molecule has 0 unspecified atom stereocenters. The Bertz CT molecular complexity index is 1020. The lowest BCUT2D eigenvalue weighted by atomic mass is 9.85. The number of amides is 1. The monoisotopic (exact) mass is 447 g/mol. The van der Waals surface area contributed by atoms with Crippen LogP contribution in [0.15, 0.2) is 35.6 Å². The molecule has 2 aromatic rings. The van der Waals surface area contributed by atoms with Gasteiger partial charge in [0, 0.05) is 16.5 Å². The average Bonchev–Trinajstić information content (AvgIpc) is 3.56. The van der Waals surface area contributed by atoms with E-state index in [-0.39, 0.29) is 22.1 Å². The molecule has 3 N–H and O–H groups in total. The number of hydrogen-bond acceptors (Lipinski definition) is 7. The van der Waals surface area contributed by atoms with E-state index in [0.717, 1.165) is 24.6 Å². The van der Waals surface area contributed by atoms with Gasteiger partial charge in [0.05, 0.1) is 19.0 Å². The molecule has 164 valence electrons. The minimum Gasteiger partial charge on any atom is -0.476 e. The number of nitrogens with one attached hydrogen (secondary N) is 1. The normalized spacial score (nSPS) is 25.6. The Morgan fingerprint density at radius 1 is 1.35 bits per heavy atom. The van der Waals surface area contributed by atoms with E-state index in [9.17, 15) is 9.18 Å². The molecule has 4 rings (SSSR count). The lowest BCUT2D eigenvalue weighted by Crippen LogP contribution is -2.44. The molecule has 2 heterocycles. The van der Waals surface area contributed by atoms with Crippen molar-refractivity contribution in [1.29, 1.82) is 0 Å². The number of amidine groups is 1. The van der Waals surface area contributed by atoms with Crippen molar-refractivity contribution in [3.05, 3.63) is 47.7 Å². The molecule has 2 aliphatic rings. The smallest absolute Gasteiger partial charge is 0.275 e. The summed E-state index contributed by atoms with van der Waals surface area (Å²) in [5.74, 6) is -0.227. The molecule has 31 heavy (non-hydrogen) atoms. The van der Waals surface area contributed by atoms with Crippen LogP contribution in [0.4, 0.5) is 14.5 Å². The summed E-state index contributed by atoms with van der Waals surface area (Å²) < 4.78 is 35.2. The molecule has 0 bridgehead atoms. The Balaban J connectivity index is 1.51. The molecule has 1 aliphatic carbocycles. The number of nitrogens with zero attached hydrogens (tertiary/aromatic N) is 3. The van der Waals surface area contributed by atoms with Gasteiger partial charge in [0.25, 0.3) is 5.91 Å². The third-order valence-corrected chi connectivity index (χ3v) is 6.34. The molecule has 3 atom stereocenters. The first-order valence-corrected chi connectivity index (χ1v) is 10.9. The van der Waals surface area contributed by atoms with Gasteiger partial charge >= 0.3 is 0 Å². The predicted octanol–water partition coefficient (Wildman–Crippen LogP) is 3.66. The van der Waals surface area contributed by atoms with E-state index in [2.05, 4.69) is 20.3 Å². The van der Waals surface area contributed by atoms with E-state index >= 15 is 4.39 Å². The van der Waals surface area contributed by atoms with Crippen molar-refractivity contribution >= 4 is 28.5 Å². The molecule has 1 aromatic heterocycles. The zero-order valence-corrected chi connectivity index (χ0v) is 18.0. The number of carbonyl (C=O) groups excluding carboxylic acids is 1. The third kappa shape index (κ3) is 4.63. The van der Waals surface area contributed by atoms with E-state index in [0.29, 0.717) is 18.4 Å². The fourth-order valence-corrected chi connectivity index (χ4v) is 4.42. The third-order valence-electron chi connectivity index (χ3n) is 5.39. The number of anilines is 1. The van der Waals surface area contributed by atoms with Crippen LogP contribution in [0.1, 0.15) is 42.7 Å². The number of aliphatic imine (C=N–C) groups is 1. The van der Waals surface area contributed by atoms with Crippen LogP contribution < -0.4 is 15.8 Å².